The topological polar surface area (TPSA) is 38.5 Å². The van der Waals surface area contributed by atoms with Crippen LogP contribution in [-0.2, 0) is 0 Å². The maximum Gasteiger partial charge on any atom is 0.119 e. The van der Waals surface area contributed by atoms with Crippen molar-refractivity contribution >= 4 is 0 Å². The quantitative estimate of drug-likeness (QED) is 0.886. The SMILES string of the molecule is COc1cccc(C(CN)CN2CCC(C)CC2)c1. The zero-order valence-electron chi connectivity index (χ0n) is 12.1. The van der Waals surface area contributed by atoms with Crippen LogP contribution in [0, 0.1) is 5.92 Å². The van der Waals surface area contributed by atoms with Gasteiger partial charge >= 0.3 is 0 Å². The van der Waals surface area contributed by atoms with Gasteiger partial charge in [-0.15, -0.1) is 0 Å². The van der Waals surface area contributed by atoms with Crippen molar-refractivity contribution in [2.24, 2.45) is 11.7 Å². The van der Waals surface area contributed by atoms with Gasteiger partial charge in [-0.2, -0.15) is 0 Å². The number of hydrogen-bond acceptors (Lipinski definition) is 3. The van der Waals surface area contributed by atoms with E-state index in [0.29, 0.717) is 12.5 Å². The molecule has 0 bridgehead atoms. The van der Waals surface area contributed by atoms with E-state index in [0.717, 1.165) is 18.2 Å². The molecule has 106 valence electrons. The Hall–Kier alpha value is -1.06. The van der Waals surface area contributed by atoms with Crippen LogP contribution in [0.4, 0.5) is 0 Å². The third-order valence-corrected chi connectivity index (χ3v) is 4.20. The van der Waals surface area contributed by atoms with Gasteiger partial charge in [-0.3, -0.25) is 0 Å². The fourth-order valence-corrected chi connectivity index (χ4v) is 2.77. The Kier molecular flexibility index (Phi) is 5.23. The third kappa shape index (κ3) is 3.95. The van der Waals surface area contributed by atoms with E-state index >= 15 is 0 Å². The second kappa shape index (κ2) is 6.92. The summed E-state index contributed by atoms with van der Waals surface area (Å²) in [6.45, 7) is 6.53. The van der Waals surface area contributed by atoms with Crippen molar-refractivity contribution in [3.63, 3.8) is 0 Å². The van der Waals surface area contributed by atoms with Crippen LogP contribution in [0.15, 0.2) is 24.3 Å². The first-order valence-electron chi connectivity index (χ1n) is 7.29. The van der Waals surface area contributed by atoms with Crippen LogP contribution in [0.5, 0.6) is 5.75 Å². The van der Waals surface area contributed by atoms with Gasteiger partial charge in [-0.25, -0.2) is 0 Å². The fraction of sp³-hybridized carbons (Fsp3) is 0.625. The Morgan fingerprint density at radius 3 is 2.74 bits per heavy atom. The van der Waals surface area contributed by atoms with E-state index in [1.807, 2.05) is 6.07 Å². The molecule has 0 radical (unpaired) electrons. The maximum atomic E-state index is 5.97. The van der Waals surface area contributed by atoms with Gasteiger partial charge in [0.2, 0.25) is 0 Å². The summed E-state index contributed by atoms with van der Waals surface area (Å²) in [5.41, 5.74) is 7.27. The predicted octanol–water partition coefficient (Wildman–Crippen LogP) is 2.47. The first-order valence-corrected chi connectivity index (χ1v) is 7.29. The highest BCUT2D eigenvalue weighted by Crippen LogP contribution is 2.23. The smallest absolute Gasteiger partial charge is 0.119 e. The number of likely N-dealkylation sites (tertiary alicyclic amines) is 1. The molecule has 1 fully saturated rings. The van der Waals surface area contributed by atoms with Crippen LogP contribution in [0.1, 0.15) is 31.2 Å². The lowest BCUT2D eigenvalue weighted by Gasteiger charge is -2.33. The molecule has 0 amide bonds. The minimum Gasteiger partial charge on any atom is -0.497 e. The van der Waals surface area contributed by atoms with Gasteiger partial charge in [0.25, 0.3) is 0 Å². The summed E-state index contributed by atoms with van der Waals surface area (Å²) in [6.07, 6.45) is 2.63. The minimum absolute atomic E-state index is 0.406. The van der Waals surface area contributed by atoms with Crippen molar-refractivity contribution in [3.8, 4) is 5.75 Å². The van der Waals surface area contributed by atoms with E-state index in [-0.39, 0.29) is 0 Å². The number of rotatable bonds is 5. The Morgan fingerprint density at radius 1 is 1.37 bits per heavy atom. The number of ether oxygens (including phenoxy) is 1. The van der Waals surface area contributed by atoms with Crippen molar-refractivity contribution in [3.05, 3.63) is 29.8 Å². The van der Waals surface area contributed by atoms with Crippen LogP contribution >= 0.6 is 0 Å². The predicted molar refractivity (Wildman–Crippen MR) is 79.6 cm³/mol. The molecule has 1 atom stereocenters. The first-order chi connectivity index (χ1) is 9.22. The molecule has 1 aliphatic rings. The zero-order valence-corrected chi connectivity index (χ0v) is 12.1. The normalized spacial score (nSPS) is 19.3. The molecule has 1 aromatic rings. The Labute approximate surface area is 116 Å². The molecule has 0 saturated carbocycles. The van der Waals surface area contributed by atoms with Crippen molar-refractivity contribution < 1.29 is 4.74 Å². The number of benzene rings is 1. The van der Waals surface area contributed by atoms with Crippen molar-refractivity contribution in [2.75, 3.05) is 33.3 Å². The van der Waals surface area contributed by atoms with Gasteiger partial charge in [0.1, 0.15) is 5.75 Å². The van der Waals surface area contributed by atoms with Crippen molar-refractivity contribution in [1.29, 1.82) is 0 Å². The Balaban J connectivity index is 1.99. The number of piperidine rings is 1. The molecule has 1 aliphatic heterocycles. The summed E-state index contributed by atoms with van der Waals surface area (Å²) in [6, 6.07) is 8.31. The van der Waals surface area contributed by atoms with Crippen LogP contribution in [0.2, 0.25) is 0 Å². The maximum absolute atomic E-state index is 5.97. The minimum atomic E-state index is 0.406. The lowest BCUT2D eigenvalue weighted by molar-refractivity contribution is 0.183. The molecule has 3 heteroatoms. The van der Waals surface area contributed by atoms with Crippen LogP contribution in [0.3, 0.4) is 0 Å². The standard InChI is InChI=1S/C16H26N2O/c1-13-6-8-18(9-7-13)12-15(11-17)14-4-3-5-16(10-14)19-2/h3-5,10,13,15H,6-9,11-12,17H2,1-2H3. The van der Waals surface area contributed by atoms with Crippen molar-refractivity contribution in [2.45, 2.75) is 25.7 Å². The highest BCUT2D eigenvalue weighted by molar-refractivity contribution is 5.31. The van der Waals surface area contributed by atoms with E-state index in [4.69, 9.17) is 10.5 Å². The molecule has 2 N–H and O–H groups in total. The molecular formula is C16H26N2O. The monoisotopic (exact) mass is 262 g/mol. The lowest BCUT2D eigenvalue weighted by Crippen LogP contribution is -2.37. The van der Waals surface area contributed by atoms with E-state index in [1.54, 1.807) is 7.11 Å². The molecule has 0 aliphatic carbocycles. The lowest BCUT2D eigenvalue weighted by atomic mass is 9.95. The van der Waals surface area contributed by atoms with Gasteiger partial charge in [-0.1, -0.05) is 19.1 Å². The third-order valence-electron chi connectivity index (χ3n) is 4.20. The fourth-order valence-electron chi connectivity index (χ4n) is 2.77. The molecule has 0 spiro atoms. The van der Waals surface area contributed by atoms with Crippen LogP contribution in [-0.4, -0.2) is 38.2 Å². The molecule has 1 saturated heterocycles. The van der Waals surface area contributed by atoms with Crippen LogP contribution < -0.4 is 10.5 Å². The molecular weight excluding hydrogens is 236 g/mol. The average molecular weight is 262 g/mol. The highest BCUT2D eigenvalue weighted by Gasteiger charge is 2.20. The summed E-state index contributed by atoms with van der Waals surface area (Å²) >= 11 is 0. The zero-order chi connectivity index (χ0) is 13.7. The van der Waals surface area contributed by atoms with Gasteiger partial charge in [0.05, 0.1) is 7.11 Å². The number of methoxy groups -OCH3 is 1. The first kappa shape index (κ1) is 14.4. The van der Waals surface area contributed by atoms with E-state index in [9.17, 15) is 0 Å². The highest BCUT2D eigenvalue weighted by atomic mass is 16.5. The van der Waals surface area contributed by atoms with Gasteiger partial charge in [0, 0.05) is 19.0 Å². The molecule has 0 aromatic heterocycles. The summed E-state index contributed by atoms with van der Waals surface area (Å²) < 4.78 is 5.30. The Morgan fingerprint density at radius 2 is 2.11 bits per heavy atom. The molecule has 2 rings (SSSR count). The summed E-state index contributed by atoms with van der Waals surface area (Å²) in [4.78, 5) is 2.55. The van der Waals surface area contributed by atoms with E-state index in [1.165, 1.54) is 31.5 Å². The number of nitrogens with two attached hydrogens (primary N) is 1. The largest absolute Gasteiger partial charge is 0.497 e. The number of nitrogens with zero attached hydrogens (tertiary/aromatic N) is 1. The van der Waals surface area contributed by atoms with Gasteiger partial charge in [0.15, 0.2) is 0 Å². The van der Waals surface area contributed by atoms with Gasteiger partial charge in [-0.05, 0) is 49.5 Å². The van der Waals surface area contributed by atoms with E-state index < -0.39 is 0 Å². The summed E-state index contributed by atoms with van der Waals surface area (Å²) in [7, 11) is 1.71. The van der Waals surface area contributed by atoms with E-state index in [2.05, 4.69) is 30.0 Å². The summed E-state index contributed by atoms with van der Waals surface area (Å²) in [5.74, 6) is 2.20. The molecule has 1 heterocycles. The van der Waals surface area contributed by atoms with Gasteiger partial charge < -0.3 is 15.4 Å². The molecule has 19 heavy (non-hydrogen) atoms. The Bertz CT molecular complexity index is 386. The van der Waals surface area contributed by atoms with Crippen LogP contribution in [0.25, 0.3) is 0 Å². The van der Waals surface area contributed by atoms with Crippen molar-refractivity contribution in [1.82, 2.24) is 4.90 Å². The second-order valence-corrected chi connectivity index (χ2v) is 5.69. The molecule has 3 nitrogen and oxygen atoms in total. The second-order valence-electron chi connectivity index (χ2n) is 5.69. The average Bonchev–Trinajstić information content (AvgIpc) is 2.46. The summed E-state index contributed by atoms with van der Waals surface area (Å²) in [5, 5.41) is 0. The molecule has 1 unspecified atom stereocenters. The molecule has 1 aromatic carbocycles. The number of hydrogen-bond donors (Lipinski definition) is 1.